The van der Waals surface area contributed by atoms with Crippen molar-refractivity contribution in [2.45, 2.75) is 20.8 Å². The van der Waals surface area contributed by atoms with Crippen molar-refractivity contribution in [2.75, 3.05) is 18.5 Å². The molecule has 1 aromatic carbocycles. The summed E-state index contributed by atoms with van der Waals surface area (Å²) in [6.07, 6.45) is 0. The van der Waals surface area contributed by atoms with Crippen molar-refractivity contribution in [1.82, 2.24) is 0 Å². The molecule has 1 unspecified atom stereocenters. The van der Waals surface area contributed by atoms with Crippen LogP contribution in [-0.2, 0) is 0 Å². The first-order valence-electron chi connectivity index (χ1n) is 5.49. The van der Waals surface area contributed by atoms with E-state index in [1.165, 1.54) is 16.8 Å². The lowest BCUT2D eigenvalue weighted by Crippen LogP contribution is -2.31. The van der Waals surface area contributed by atoms with Gasteiger partial charge < -0.3 is 10.6 Å². The minimum atomic E-state index is 0.237. The van der Waals surface area contributed by atoms with Gasteiger partial charge in [0.15, 0.2) is 0 Å². The van der Waals surface area contributed by atoms with Crippen LogP contribution in [-0.4, -0.2) is 18.6 Å². The summed E-state index contributed by atoms with van der Waals surface area (Å²) in [7, 11) is 2.07. The predicted molar refractivity (Wildman–Crippen MR) is 75.1 cm³/mol. The van der Waals surface area contributed by atoms with E-state index >= 15 is 0 Å². The van der Waals surface area contributed by atoms with Crippen LogP contribution in [0, 0.1) is 19.8 Å². The minimum absolute atomic E-state index is 0.237. The fourth-order valence-electron chi connectivity index (χ4n) is 1.78. The van der Waals surface area contributed by atoms with Crippen LogP contribution in [0.5, 0.6) is 0 Å². The third-order valence-electron chi connectivity index (χ3n) is 2.68. The Balaban J connectivity index is 2.80. The van der Waals surface area contributed by atoms with Gasteiger partial charge in [0.05, 0.1) is 4.99 Å². The van der Waals surface area contributed by atoms with E-state index in [0.29, 0.717) is 4.99 Å². The summed E-state index contributed by atoms with van der Waals surface area (Å²) in [6.45, 7) is 7.14. The molecule has 1 atom stereocenters. The summed E-state index contributed by atoms with van der Waals surface area (Å²) >= 11 is 4.99. The lowest BCUT2D eigenvalue weighted by molar-refractivity contribution is 0.742. The van der Waals surface area contributed by atoms with Gasteiger partial charge in [0.2, 0.25) is 0 Å². The minimum Gasteiger partial charge on any atom is -0.393 e. The van der Waals surface area contributed by atoms with Gasteiger partial charge in [-0.25, -0.2) is 0 Å². The fourth-order valence-corrected chi connectivity index (χ4v) is 1.85. The molecule has 0 bridgehead atoms. The summed E-state index contributed by atoms with van der Waals surface area (Å²) in [5, 5.41) is 0. The van der Waals surface area contributed by atoms with Crippen molar-refractivity contribution >= 4 is 22.9 Å². The molecule has 2 nitrogen and oxygen atoms in total. The largest absolute Gasteiger partial charge is 0.393 e. The molecule has 16 heavy (non-hydrogen) atoms. The fraction of sp³-hybridized carbons (Fsp3) is 0.462. The Labute approximate surface area is 103 Å². The van der Waals surface area contributed by atoms with Crippen LogP contribution in [0.4, 0.5) is 5.69 Å². The number of nitrogens with zero attached hydrogens (tertiary/aromatic N) is 1. The lowest BCUT2D eigenvalue weighted by Gasteiger charge is -2.23. The van der Waals surface area contributed by atoms with Gasteiger partial charge in [-0.2, -0.15) is 0 Å². The average Bonchev–Trinajstić information content (AvgIpc) is 2.15. The molecular formula is C13H20N2S. The first-order valence-corrected chi connectivity index (χ1v) is 5.89. The van der Waals surface area contributed by atoms with Crippen molar-refractivity contribution in [3.05, 3.63) is 29.3 Å². The van der Waals surface area contributed by atoms with E-state index in [0.717, 1.165) is 6.54 Å². The number of anilines is 1. The highest BCUT2D eigenvalue weighted by atomic mass is 32.1. The molecule has 0 aliphatic carbocycles. The second-order valence-electron chi connectivity index (χ2n) is 4.53. The zero-order valence-electron chi connectivity index (χ0n) is 10.4. The molecule has 0 saturated carbocycles. The highest BCUT2D eigenvalue weighted by molar-refractivity contribution is 7.80. The number of hydrogen-bond donors (Lipinski definition) is 1. The Morgan fingerprint density at radius 1 is 1.31 bits per heavy atom. The maximum Gasteiger partial charge on any atom is 0.0773 e. The first-order chi connectivity index (χ1) is 7.40. The summed E-state index contributed by atoms with van der Waals surface area (Å²) in [5.41, 5.74) is 9.41. The topological polar surface area (TPSA) is 29.3 Å². The van der Waals surface area contributed by atoms with Gasteiger partial charge in [-0.05, 0) is 37.1 Å². The molecular weight excluding hydrogens is 216 g/mol. The second-order valence-corrected chi connectivity index (χ2v) is 5.00. The Morgan fingerprint density at radius 3 is 2.25 bits per heavy atom. The van der Waals surface area contributed by atoms with E-state index in [1.54, 1.807) is 0 Å². The third-order valence-corrected chi connectivity index (χ3v) is 3.08. The molecule has 0 saturated heterocycles. The molecule has 0 spiro atoms. The standard InChI is InChI=1S/C13H20N2S/c1-9-5-10(2)7-12(6-9)15(4)8-11(3)13(14)16/h5-7,11H,8H2,1-4H3,(H2,14,16). The molecule has 88 valence electrons. The zero-order chi connectivity index (χ0) is 12.3. The molecule has 0 aliphatic rings. The molecule has 1 aromatic rings. The van der Waals surface area contributed by atoms with Crippen molar-refractivity contribution in [2.24, 2.45) is 11.7 Å². The molecule has 1 rings (SSSR count). The van der Waals surface area contributed by atoms with Gasteiger partial charge in [-0.1, -0.05) is 25.2 Å². The quantitative estimate of drug-likeness (QED) is 0.815. The normalized spacial score (nSPS) is 12.2. The molecule has 2 N–H and O–H groups in total. The van der Waals surface area contributed by atoms with Crippen LogP contribution in [0.25, 0.3) is 0 Å². The summed E-state index contributed by atoms with van der Waals surface area (Å²) in [6, 6.07) is 6.53. The Morgan fingerprint density at radius 2 is 1.81 bits per heavy atom. The second kappa shape index (κ2) is 5.30. The van der Waals surface area contributed by atoms with Gasteiger partial charge in [0.25, 0.3) is 0 Å². The smallest absolute Gasteiger partial charge is 0.0773 e. The van der Waals surface area contributed by atoms with Crippen molar-refractivity contribution in [1.29, 1.82) is 0 Å². The first kappa shape index (κ1) is 13.0. The molecule has 0 aliphatic heterocycles. The molecule has 0 fully saturated rings. The van der Waals surface area contributed by atoms with Gasteiger partial charge in [-0.15, -0.1) is 0 Å². The van der Waals surface area contributed by atoms with Crippen LogP contribution in [0.1, 0.15) is 18.1 Å². The third kappa shape index (κ3) is 3.49. The maximum absolute atomic E-state index is 5.63. The van der Waals surface area contributed by atoms with E-state index in [9.17, 15) is 0 Å². The van der Waals surface area contributed by atoms with E-state index in [4.69, 9.17) is 18.0 Å². The van der Waals surface area contributed by atoms with E-state index in [2.05, 4.69) is 50.9 Å². The zero-order valence-corrected chi connectivity index (χ0v) is 11.3. The van der Waals surface area contributed by atoms with Crippen LogP contribution < -0.4 is 10.6 Å². The molecule has 0 radical (unpaired) electrons. The van der Waals surface area contributed by atoms with E-state index < -0.39 is 0 Å². The number of hydrogen-bond acceptors (Lipinski definition) is 2. The molecule has 0 amide bonds. The molecule has 3 heteroatoms. The number of nitrogens with two attached hydrogens (primary N) is 1. The monoisotopic (exact) mass is 236 g/mol. The number of rotatable bonds is 4. The van der Waals surface area contributed by atoms with Crippen LogP contribution >= 0.6 is 12.2 Å². The number of benzene rings is 1. The highest BCUT2D eigenvalue weighted by Crippen LogP contribution is 2.18. The SMILES string of the molecule is Cc1cc(C)cc(N(C)CC(C)C(N)=S)c1. The van der Waals surface area contributed by atoms with Crippen molar-refractivity contribution in [3.8, 4) is 0 Å². The Bertz CT molecular complexity index is 367. The highest BCUT2D eigenvalue weighted by Gasteiger charge is 2.09. The van der Waals surface area contributed by atoms with Crippen LogP contribution in [0.15, 0.2) is 18.2 Å². The maximum atomic E-state index is 5.63. The van der Waals surface area contributed by atoms with Crippen LogP contribution in [0.2, 0.25) is 0 Å². The Hall–Kier alpha value is -1.09. The van der Waals surface area contributed by atoms with Crippen molar-refractivity contribution in [3.63, 3.8) is 0 Å². The average molecular weight is 236 g/mol. The van der Waals surface area contributed by atoms with Crippen molar-refractivity contribution < 1.29 is 0 Å². The molecule has 0 aromatic heterocycles. The van der Waals surface area contributed by atoms with E-state index in [-0.39, 0.29) is 5.92 Å². The lowest BCUT2D eigenvalue weighted by atomic mass is 10.1. The van der Waals surface area contributed by atoms with Gasteiger partial charge in [-0.3, -0.25) is 0 Å². The Kier molecular flexibility index (Phi) is 4.30. The van der Waals surface area contributed by atoms with Crippen LogP contribution in [0.3, 0.4) is 0 Å². The molecule has 0 heterocycles. The van der Waals surface area contributed by atoms with Gasteiger partial charge in [0.1, 0.15) is 0 Å². The number of thiocarbonyl (C=S) groups is 1. The summed E-state index contributed by atoms with van der Waals surface area (Å²) in [5.74, 6) is 0.237. The summed E-state index contributed by atoms with van der Waals surface area (Å²) < 4.78 is 0. The van der Waals surface area contributed by atoms with E-state index in [1.807, 2.05) is 0 Å². The predicted octanol–water partition coefficient (Wildman–Crippen LogP) is 2.66. The summed E-state index contributed by atoms with van der Waals surface area (Å²) in [4.78, 5) is 2.78. The van der Waals surface area contributed by atoms with Gasteiger partial charge >= 0.3 is 0 Å². The van der Waals surface area contributed by atoms with Gasteiger partial charge in [0, 0.05) is 25.2 Å². The number of aryl methyl sites for hydroxylation is 2.